The van der Waals surface area contributed by atoms with Crippen LogP contribution in [0.1, 0.15) is 22.7 Å². The summed E-state index contributed by atoms with van der Waals surface area (Å²) >= 11 is 0. The van der Waals surface area contributed by atoms with Gasteiger partial charge in [-0.1, -0.05) is 42.0 Å². The topological polar surface area (TPSA) is 66.8 Å². The number of amides is 1. The molecule has 1 atom stereocenters. The summed E-state index contributed by atoms with van der Waals surface area (Å²) in [6.07, 6.45) is 0. The lowest BCUT2D eigenvalue weighted by Crippen LogP contribution is -2.24. The molecule has 1 saturated heterocycles. The van der Waals surface area contributed by atoms with E-state index in [1.165, 1.54) is 4.90 Å². The molecule has 2 aromatic carbocycles. The molecule has 5 nitrogen and oxygen atoms in total. The minimum absolute atomic E-state index is 0.0986. The molecule has 25 heavy (non-hydrogen) atoms. The van der Waals surface area contributed by atoms with Gasteiger partial charge in [0.25, 0.3) is 11.7 Å². The molecule has 0 radical (unpaired) electrons. The number of ether oxygens (including phenoxy) is 1. The molecule has 1 unspecified atom stereocenters. The zero-order valence-electron chi connectivity index (χ0n) is 14.3. The highest BCUT2D eigenvalue weighted by Gasteiger charge is 2.44. The molecule has 128 valence electrons. The Bertz CT molecular complexity index is 850. The van der Waals surface area contributed by atoms with Gasteiger partial charge in [-0.15, -0.1) is 0 Å². The molecule has 1 aliphatic rings. The predicted octanol–water partition coefficient (Wildman–Crippen LogP) is 3.06. The smallest absolute Gasteiger partial charge is 0.295 e. The van der Waals surface area contributed by atoms with Gasteiger partial charge >= 0.3 is 0 Å². The average molecular weight is 337 g/mol. The molecule has 1 fully saturated rings. The van der Waals surface area contributed by atoms with Crippen molar-refractivity contribution in [1.29, 1.82) is 0 Å². The van der Waals surface area contributed by atoms with Gasteiger partial charge in [0, 0.05) is 12.6 Å². The van der Waals surface area contributed by atoms with Crippen molar-refractivity contribution < 1.29 is 19.4 Å². The van der Waals surface area contributed by atoms with Crippen LogP contribution in [0, 0.1) is 6.92 Å². The van der Waals surface area contributed by atoms with Gasteiger partial charge in [-0.05, 0) is 24.6 Å². The second-order valence-electron chi connectivity index (χ2n) is 6.05. The Balaban J connectivity index is 2.13. The highest BCUT2D eigenvalue weighted by Crippen LogP contribution is 2.38. The van der Waals surface area contributed by atoms with Crippen molar-refractivity contribution in [2.45, 2.75) is 13.0 Å². The van der Waals surface area contributed by atoms with Crippen LogP contribution in [-0.2, 0) is 9.59 Å². The minimum Gasteiger partial charge on any atom is -0.507 e. The summed E-state index contributed by atoms with van der Waals surface area (Å²) < 4.78 is 5.15. The minimum atomic E-state index is -0.679. The monoisotopic (exact) mass is 337 g/mol. The van der Waals surface area contributed by atoms with Crippen molar-refractivity contribution in [2.24, 2.45) is 0 Å². The Hall–Kier alpha value is -3.08. The Labute approximate surface area is 146 Å². The maximum atomic E-state index is 12.5. The Kier molecular flexibility index (Phi) is 4.31. The molecular formula is C20H19NO4. The molecule has 0 bridgehead atoms. The van der Waals surface area contributed by atoms with Crippen molar-refractivity contribution in [3.8, 4) is 5.75 Å². The van der Waals surface area contributed by atoms with Crippen LogP contribution in [0.3, 0.4) is 0 Å². The van der Waals surface area contributed by atoms with E-state index in [2.05, 4.69) is 0 Å². The highest BCUT2D eigenvalue weighted by atomic mass is 16.5. The van der Waals surface area contributed by atoms with Crippen molar-refractivity contribution in [3.63, 3.8) is 0 Å². The van der Waals surface area contributed by atoms with E-state index in [0.717, 1.165) is 11.1 Å². The zero-order valence-corrected chi connectivity index (χ0v) is 14.3. The Morgan fingerprint density at radius 1 is 1.04 bits per heavy atom. The van der Waals surface area contributed by atoms with Crippen molar-refractivity contribution in [1.82, 2.24) is 4.90 Å². The third-order valence-corrected chi connectivity index (χ3v) is 4.43. The quantitative estimate of drug-likeness (QED) is 0.531. The summed E-state index contributed by atoms with van der Waals surface area (Å²) in [5.41, 5.74) is 2.38. The molecule has 0 spiro atoms. The molecule has 1 N–H and O–H groups in total. The predicted molar refractivity (Wildman–Crippen MR) is 94.2 cm³/mol. The van der Waals surface area contributed by atoms with Crippen LogP contribution in [0.2, 0.25) is 0 Å². The summed E-state index contributed by atoms with van der Waals surface area (Å²) in [5, 5.41) is 10.7. The number of methoxy groups -OCH3 is 1. The van der Waals surface area contributed by atoms with Gasteiger partial charge in [0.2, 0.25) is 0 Å². The second kappa shape index (κ2) is 6.43. The lowest BCUT2D eigenvalue weighted by atomic mass is 9.95. The molecular weight excluding hydrogens is 318 g/mol. The number of nitrogens with zero attached hydrogens (tertiary/aromatic N) is 1. The third kappa shape index (κ3) is 2.89. The van der Waals surface area contributed by atoms with E-state index in [-0.39, 0.29) is 11.3 Å². The van der Waals surface area contributed by atoms with E-state index in [1.807, 2.05) is 19.1 Å². The highest BCUT2D eigenvalue weighted by molar-refractivity contribution is 6.46. The fourth-order valence-corrected chi connectivity index (χ4v) is 2.99. The van der Waals surface area contributed by atoms with Gasteiger partial charge < -0.3 is 14.7 Å². The number of carbonyl (C=O) groups is 2. The molecule has 3 rings (SSSR count). The first-order valence-electron chi connectivity index (χ1n) is 7.89. The Morgan fingerprint density at radius 2 is 1.64 bits per heavy atom. The van der Waals surface area contributed by atoms with Gasteiger partial charge in [0.1, 0.15) is 11.5 Å². The van der Waals surface area contributed by atoms with Crippen LogP contribution < -0.4 is 4.74 Å². The van der Waals surface area contributed by atoms with Gasteiger partial charge in [-0.2, -0.15) is 0 Å². The molecule has 2 aromatic rings. The first-order chi connectivity index (χ1) is 11.9. The number of benzene rings is 2. The van der Waals surface area contributed by atoms with Crippen molar-refractivity contribution >= 4 is 17.4 Å². The average Bonchev–Trinajstić information content (AvgIpc) is 2.86. The van der Waals surface area contributed by atoms with Gasteiger partial charge in [-0.3, -0.25) is 9.59 Å². The number of Topliss-reactive ketones (excluding diaryl/α,β-unsaturated/α-hetero) is 1. The molecule has 0 aromatic heterocycles. The van der Waals surface area contributed by atoms with Crippen LogP contribution >= 0.6 is 0 Å². The summed E-state index contributed by atoms with van der Waals surface area (Å²) in [6.45, 7) is 1.94. The van der Waals surface area contributed by atoms with E-state index in [4.69, 9.17) is 4.74 Å². The molecule has 0 aliphatic carbocycles. The second-order valence-corrected chi connectivity index (χ2v) is 6.05. The molecule has 5 heteroatoms. The van der Waals surface area contributed by atoms with Gasteiger partial charge in [0.15, 0.2) is 0 Å². The van der Waals surface area contributed by atoms with Crippen LogP contribution in [0.4, 0.5) is 0 Å². The number of hydrogen-bond acceptors (Lipinski definition) is 4. The standard InChI is InChI=1S/C20H19NO4/c1-12-4-6-14(7-5-12)18(22)16-17(21(2)20(24)19(16)23)13-8-10-15(25-3)11-9-13/h4-11,17,22H,1-3H3. The third-order valence-electron chi connectivity index (χ3n) is 4.43. The van der Waals surface area contributed by atoms with Crippen LogP contribution in [0.25, 0.3) is 5.76 Å². The number of rotatable bonds is 3. The van der Waals surface area contributed by atoms with E-state index in [0.29, 0.717) is 11.3 Å². The van der Waals surface area contributed by atoms with Crippen LogP contribution in [0.5, 0.6) is 5.75 Å². The summed E-state index contributed by atoms with van der Waals surface area (Å²) in [7, 11) is 3.13. The van der Waals surface area contributed by atoms with Crippen molar-refractivity contribution in [3.05, 3.63) is 70.8 Å². The first kappa shape index (κ1) is 16.8. The van der Waals surface area contributed by atoms with E-state index in [9.17, 15) is 14.7 Å². The van der Waals surface area contributed by atoms with Crippen LogP contribution in [0.15, 0.2) is 54.1 Å². The number of carbonyl (C=O) groups excluding carboxylic acids is 2. The lowest BCUT2D eigenvalue weighted by Gasteiger charge is -2.21. The number of aliphatic hydroxyl groups is 1. The summed E-state index contributed by atoms with van der Waals surface area (Å²) in [6, 6.07) is 13.6. The van der Waals surface area contributed by atoms with Crippen molar-refractivity contribution in [2.75, 3.05) is 14.2 Å². The van der Waals surface area contributed by atoms with Gasteiger partial charge in [0.05, 0.1) is 18.7 Å². The largest absolute Gasteiger partial charge is 0.507 e. The first-order valence-corrected chi connectivity index (χ1v) is 7.89. The number of aryl methyl sites for hydroxylation is 1. The fraction of sp³-hybridized carbons (Fsp3) is 0.200. The summed E-state index contributed by atoms with van der Waals surface area (Å²) in [5.74, 6) is -0.797. The lowest BCUT2D eigenvalue weighted by molar-refractivity contribution is -0.139. The van der Waals surface area contributed by atoms with E-state index in [1.54, 1.807) is 50.6 Å². The number of likely N-dealkylation sites (tertiary alicyclic amines) is 1. The number of likely N-dealkylation sites (N-methyl/N-ethyl adjacent to an activating group) is 1. The molecule has 1 amide bonds. The van der Waals surface area contributed by atoms with Crippen LogP contribution in [-0.4, -0.2) is 35.9 Å². The summed E-state index contributed by atoms with van der Waals surface area (Å²) in [4.78, 5) is 26.0. The number of aliphatic hydroxyl groups excluding tert-OH is 1. The molecule has 0 saturated carbocycles. The SMILES string of the molecule is COc1ccc(C2C(=C(O)c3ccc(C)cc3)C(=O)C(=O)N2C)cc1. The number of hydrogen-bond donors (Lipinski definition) is 1. The van der Waals surface area contributed by atoms with Gasteiger partial charge in [-0.25, -0.2) is 0 Å². The Morgan fingerprint density at radius 3 is 2.20 bits per heavy atom. The molecule has 1 heterocycles. The normalized spacial score (nSPS) is 19.3. The maximum absolute atomic E-state index is 12.5. The molecule has 1 aliphatic heterocycles. The number of ketones is 1. The van der Waals surface area contributed by atoms with E-state index < -0.39 is 17.7 Å². The fourth-order valence-electron chi connectivity index (χ4n) is 2.99. The van der Waals surface area contributed by atoms with E-state index >= 15 is 0 Å². The zero-order chi connectivity index (χ0) is 18.1. The maximum Gasteiger partial charge on any atom is 0.295 e.